The van der Waals surface area contributed by atoms with Gasteiger partial charge in [-0.25, -0.2) is 0 Å². The fourth-order valence-corrected chi connectivity index (χ4v) is 5.37. The van der Waals surface area contributed by atoms with Crippen LogP contribution in [0.5, 0.6) is 0 Å². The number of hydrogen-bond acceptors (Lipinski definition) is 3. The first kappa shape index (κ1) is 27.0. The summed E-state index contributed by atoms with van der Waals surface area (Å²) in [5.41, 5.74) is 2.25. The summed E-state index contributed by atoms with van der Waals surface area (Å²) in [6, 6.07) is 29.2. The Balaban J connectivity index is 1.51. The van der Waals surface area contributed by atoms with Crippen LogP contribution in [0.15, 0.2) is 109 Å². The zero-order valence-electron chi connectivity index (χ0n) is 20.9. The van der Waals surface area contributed by atoms with E-state index in [1.165, 1.54) is 0 Å². The zero-order chi connectivity index (χ0) is 27.4. The summed E-state index contributed by atoms with van der Waals surface area (Å²) in [6.45, 7) is 0.448. The van der Waals surface area contributed by atoms with E-state index in [0.717, 1.165) is 11.1 Å². The molecular formula is C32H25Cl3N2O2. The minimum Gasteiger partial charge on any atom is -0.359 e. The van der Waals surface area contributed by atoms with E-state index in [0.29, 0.717) is 51.3 Å². The van der Waals surface area contributed by atoms with Gasteiger partial charge in [-0.1, -0.05) is 108 Å². The van der Waals surface area contributed by atoms with Crippen molar-refractivity contribution in [3.05, 3.63) is 147 Å². The fourth-order valence-electron chi connectivity index (χ4n) is 4.88. The van der Waals surface area contributed by atoms with Crippen LogP contribution in [0.1, 0.15) is 33.5 Å². The number of ketones is 1. The van der Waals surface area contributed by atoms with Gasteiger partial charge in [0, 0.05) is 29.1 Å². The Morgan fingerprint density at radius 2 is 1.51 bits per heavy atom. The molecule has 1 aliphatic rings. The van der Waals surface area contributed by atoms with Gasteiger partial charge in [-0.2, -0.15) is 0 Å². The molecule has 0 aromatic heterocycles. The number of amides is 1. The lowest BCUT2D eigenvalue weighted by atomic mass is 9.86. The van der Waals surface area contributed by atoms with Crippen LogP contribution in [0, 0.1) is 0 Å². The Bertz CT molecular complexity index is 1540. The average Bonchev–Trinajstić information content (AvgIpc) is 3.35. The normalized spacial score (nSPS) is 16.3. The van der Waals surface area contributed by atoms with E-state index in [1.807, 2.05) is 65.7 Å². The smallest absolute Gasteiger partial charge is 0.250 e. The molecule has 0 aliphatic carbocycles. The Morgan fingerprint density at radius 1 is 0.795 bits per heavy atom. The Hall–Kier alpha value is -3.57. The molecule has 0 fully saturated rings. The van der Waals surface area contributed by atoms with Gasteiger partial charge in [-0.3, -0.25) is 9.59 Å². The molecule has 196 valence electrons. The topological polar surface area (TPSA) is 49.4 Å². The number of halogens is 3. The second kappa shape index (κ2) is 11.7. The molecule has 0 unspecified atom stereocenters. The number of carbonyl (C=O) groups is 2. The molecule has 1 N–H and O–H groups in total. The molecule has 1 atom stereocenters. The van der Waals surface area contributed by atoms with Crippen LogP contribution < -0.4 is 5.32 Å². The van der Waals surface area contributed by atoms with Crippen molar-refractivity contribution in [2.45, 2.75) is 24.9 Å². The van der Waals surface area contributed by atoms with Crippen LogP contribution in [-0.2, 0) is 17.8 Å². The number of rotatable bonds is 8. The van der Waals surface area contributed by atoms with Crippen molar-refractivity contribution in [1.82, 2.24) is 4.90 Å². The van der Waals surface area contributed by atoms with Gasteiger partial charge < -0.3 is 10.2 Å². The van der Waals surface area contributed by atoms with Crippen LogP contribution in [0.3, 0.4) is 0 Å². The number of nitrogens with one attached hydrogen (secondary N) is 1. The van der Waals surface area contributed by atoms with Gasteiger partial charge in [-0.15, -0.1) is 0 Å². The maximum atomic E-state index is 14.3. The standard InChI is InChI=1S/C32H25Cl3N2O2/c33-25-13-15-29(26(19-25)30(38)24-10-5-2-6-11-24)36-31(39)32(20-22-8-3-1-4-9-22)16-7-17-37(32)21-23-12-14-27(34)28(35)18-23/h1-15,17-19H,16,20-21H2,(H,36,39)/t32-/m0/s1. The summed E-state index contributed by atoms with van der Waals surface area (Å²) in [7, 11) is 0. The van der Waals surface area contributed by atoms with Gasteiger partial charge in [0.1, 0.15) is 5.54 Å². The monoisotopic (exact) mass is 574 g/mol. The van der Waals surface area contributed by atoms with Crippen molar-refractivity contribution in [3.8, 4) is 0 Å². The minimum absolute atomic E-state index is 0.220. The highest BCUT2D eigenvalue weighted by atomic mass is 35.5. The molecule has 1 aliphatic heterocycles. The van der Waals surface area contributed by atoms with Crippen molar-refractivity contribution >= 4 is 52.2 Å². The molecule has 0 spiro atoms. The molecule has 39 heavy (non-hydrogen) atoms. The van der Waals surface area contributed by atoms with Gasteiger partial charge in [0.15, 0.2) is 5.78 Å². The average molecular weight is 576 g/mol. The summed E-state index contributed by atoms with van der Waals surface area (Å²) in [5, 5.41) is 4.43. The largest absolute Gasteiger partial charge is 0.359 e. The van der Waals surface area contributed by atoms with Gasteiger partial charge in [-0.05, 0) is 54.1 Å². The number of hydrogen-bond donors (Lipinski definition) is 1. The number of anilines is 1. The molecule has 0 saturated carbocycles. The summed E-state index contributed by atoms with van der Waals surface area (Å²) < 4.78 is 0. The molecule has 1 amide bonds. The van der Waals surface area contributed by atoms with Gasteiger partial charge in [0.25, 0.3) is 5.91 Å². The van der Waals surface area contributed by atoms with Crippen LogP contribution >= 0.6 is 34.8 Å². The van der Waals surface area contributed by atoms with Gasteiger partial charge >= 0.3 is 0 Å². The Morgan fingerprint density at radius 3 is 2.23 bits per heavy atom. The second-order valence-corrected chi connectivity index (χ2v) is 10.7. The van der Waals surface area contributed by atoms with Crippen LogP contribution in [0.2, 0.25) is 15.1 Å². The fraction of sp³-hybridized carbons (Fsp3) is 0.125. The van der Waals surface area contributed by atoms with Crippen molar-refractivity contribution in [1.29, 1.82) is 0 Å². The molecule has 4 aromatic carbocycles. The van der Waals surface area contributed by atoms with Crippen molar-refractivity contribution in [3.63, 3.8) is 0 Å². The molecular weight excluding hydrogens is 551 g/mol. The van der Waals surface area contributed by atoms with Gasteiger partial charge in [0.05, 0.1) is 15.7 Å². The third kappa shape index (κ3) is 5.89. The summed E-state index contributed by atoms with van der Waals surface area (Å²) in [5.74, 6) is -0.441. The third-order valence-corrected chi connectivity index (χ3v) is 7.87. The van der Waals surface area contributed by atoms with Gasteiger partial charge in [0.2, 0.25) is 0 Å². The van der Waals surface area contributed by atoms with E-state index in [-0.39, 0.29) is 11.7 Å². The maximum absolute atomic E-state index is 14.3. The molecule has 1 heterocycles. The second-order valence-electron chi connectivity index (χ2n) is 9.50. The molecule has 0 bridgehead atoms. The molecule has 5 rings (SSSR count). The Labute approximate surface area is 242 Å². The van der Waals surface area contributed by atoms with Crippen LogP contribution in [0.4, 0.5) is 5.69 Å². The van der Waals surface area contributed by atoms with Crippen LogP contribution in [-0.4, -0.2) is 22.1 Å². The van der Waals surface area contributed by atoms with Crippen molar-refractivity contribution in [2.75, 3.05) is 5.32 Å². The van der Waals surface area contributed by atoms with E-state index >= 15 is 0 Å². The molecule has 0 saturated heterocycles. The quantitative estimate of drug-likeness (QED) is 0.215. The summed E-state index contributed by atoms with van der Waals surface area (Å²) in [4.78, 5) is 29.7. The predicted octanol–water partition coefficient (Wildman–Crippen LogP) is 8.22. The first-order chi connectivity index (χ1) is 18.9. The first-order valence-electron chi connectivity index (χ1n) is 12.5. The van der Waals surface area contributed by atoms with E-state index < -0.39 is 5.54 Å². The minimum atomic E-state index is -0.944. The lowest BCUT2D eigenvalue weighted by Gasteiger charge is -2.39. The van der Waals surface area contributed by atoms with Crippen molar-refractivity contribution in [2.24, 2.45) is 0 Å². The third-order valence-electron chi connectivity index (χ3n) is 6.90. The van der Waals surface area contributed by atoms with Crippen LogP contribution in [0.25, 0.3) is 0 Å². The summed E-state index contributed by atoms with van der Waals surface area (Å²) >= 11 is 18.7. The highest BCUT2D eigenvalue weighted by Crippen LogP contribution is 2.36. The highest BCUT2D eigenvalue weighted by Gasteiger charge is 2.45. The highest BCUT2D eigenvalue weighted by molar-refractivity contribution is 6.42. The predicted molar refractivity (Wildman–Crippen MR) is 159 cm³/mol. The summed E-state index contributed by atoms with van der Waals surface area (Å²) in [6.07, 6.45) is 4.90. The maximum Gasteiger partial charge on any atom is 0.250 e. The SMILES string of the molecule is O=C(c1ccccc1)c1cc(Cl)ccc1NC(=O)[C@@]1(Cc2ccccc2)CC=CN1Cc1ccc(Cl)c(Cl)c1. The lowest BCUT2D eigenvalue weighted by Crippen LogP contribution is -2.54. The number of carbonyl (C=O) groups excluding carboxylic acids is 2. The Kier molecular flexibility index (Phi) is 8.08. The number of benzene rings is 4. The lowest BCUT2D eigenvalue weighted by molar-refractivity contribution is -0.126. The van der Waals surface area contributed by atoms with E-state index in [9.17, 15) is 9.59 Å². The molecule has 4 aromatic rings. The zero-order valence-corrected chi connectivity index (χ0v) is 23.2. The molecule has 7 heteroatoms. The molecule has 0 radical (unpaired) electrons. The van der Waals surface area contributed by atoms with E-state index in [4.69, 9.17) is 34.8 Å². The van der Waals surface area contributed by atoms with Crippen molar-refractivity contribution < 1.29 is 9.59 Å². The first-order valence-corrected chi connectivity index (χ1v) is 13.6. The van der Waals surface area contributed by atoms with E-state index in [2.05, 4.69) is 5.32 Å². The number of nitrogens with zero attached hydrogens (tertiary/aromatic N) is 1. The van der Waals surface area contributed by atoms with E-state index in [1.54, 1.807) is 48.5 Å². The molecule has 4 nitrogen and oxygen atoms in total.